The second-order valence-electron chi connectivity index (χ2n) is 10.9. The van der Waals surface area contributed by atoms with Gasteiger partial charge >= 0.3 is 5.69 Å². The summed E-state index contributed by atoms with van der Waals surface area (Å²) in [5, 5.41) is 6.14. The number of carbonyl (C=O) groups excluding carboxylic acids is 1. The molecule has 12 nitrogen and oxygen atoms in total. The number of nitrogens with zero attached hydrogens (tertiary/aromatic N) is 4. The maximum absolute atomic E-state index is 13.2. The summed E-state index contributed by atoms with van der Waals surface area (Å²) in [5.74, 6) is -0.279. The standard InChI is InChI=1S/C28H38N5O6P.CH4O/c1-18(2)33(19(3)4)40(36-17-15-29-8)39-23-22-25(38-28(23,7)27(5,6)37-22)32-16-14-21(31-26(32)35)30-24(34)20-12-10-9-11-13-20;1-2/h9-14,16,18-19,22-23,25H,15,17H2,1-7H3,(H,30,31,34,35);2H,1H3/t22-,23+,25-,28-,40?;/m1./s1/i7D;2T. The lowest BCUT2D eigenvalue weighted by atomic mass is 9.86. The van der Waals surface area contributed by atoms with Gasteiger partial charge in [-0.15, -0.1) is 0 Å². The normalized spacial score (nSPS) is 25.4. The van der Waals surface area contributed by atoms with E-state index in [1.54, 1.807) is 24.3 Å². The van der Waals surface area contributed by atoms with E-state index in [1.165, 1.54) is 23.9 Å². The summed E-state index contributed by atoms with van der Waals surface area (Å²) in [6, 6.07) is 10.3. The highest BCUT2D eigenvalue weighted by molar-refractivity contribution is 7.44. The molecule has 1 aromatic carbocycles. The molecule has 2 fully saturated rings. The Labute approximate surface area is 251 Å². The van der Waals surface area contributed by atoms with Crippen molar-refractivity contribution in [2.75, 3.05) is 25.6 Å². The van der Waals surface area contributed by atoms with E-state index in [9.17, 15) is 9.59 Å². The summed E-state index contributed by atoms with van der Waals surface area (Å²) in [5.41, 5.74) is -2.30. The Morgan fingerprint density at radius 3 is 2.55 bits per heavy atom. The Hall–Kier alpha value is -2.75. The topological polar surface area (TPSA) is 129 Å². The van der Waals surface area contributed by atoms with Crippen molar-refractivity contribution < 1.29 is 29.8 Å². The Balaban J connectivity index is 0.00000169. The zero-order valence-corrected chi connectivity index (χ0v) is 26.0. The number of hydrogen-bond acceptors (Lipinski definition) is 9. The molecule has 2 N–H and O–H groups in total. The van der Waals surface area contributed by atoms with Gasteiger partial charge in [-0.05, 0) is 66.6 Å². The third-order valence-corrected chi connectivity index (χ3v) is 9.17. The molecular formula is C29H42N5O7P. The van der Waals surface area contributed by atoms with E-state index in [2.05, 4.69) is 24.9 Å². The number of aliphatic hydroxyl groups excluding tert-OH is 1. The van der Waals surface area contributed by atoms with Crippen LogP contribution in [-0.2, 0) is 18.5 Å². The molecule has 4 rings (SSSR count). The van der Waals surface area contributed by atoms with Gasteiger partial charge in [0.05, 0.1) is 5.60 Å². The summed E-state index contributed by atoms with van der Waals surface area (Å²) in [6.07, 6.45) is -0.891. The fourth-order valence-corrected chi connectivity index (χ4v) is 6.79. The third kappa shape index (κ3) is 6.90. The Kier molecular flexibility index (Phi) is 10.3. The first-order valence-corrected chi connectivity index (χ1v) is 14.8. The van der Waals surface area contributed by atoms with E-state index in [0.29, 0.717) is 5.56 Å². The van der Waals surface area contributed by atoms with Gasteiger partial charge in [0.25, 0.3) is 14.4 Å². The monoisotopic (exact) mass is 606 g/mol. The molecule has 5 atom stereocenters. The fourth-order valence-electron chi connectivity index (χ4n) is 5.01. The highest BCUT2D eigenvalue weighted by atomic mass is 31.2. The van der Waals surface area contributed by atoms with Crippen molar-refractivity contribution in [1.29, 1.82) is 1.43 Å². The van der Waals surface area contributed by atoms with Gasteiger partial charge in [-0.1, -0.05) is 18.2 Å². The second-order valence-corrected chi connectivity index (χ2v) is 12.3. The van der Waals surface area contributed by atoms with Crippen LogP contribution in [-0.4, -0.2) is 82.4 Å². The van der Waals surface area contributed by atoms with Crippen LogP contribution >= 0.6 is 8.53 Å². The van der Waals surface area contributed by atoms with Gasteiger partial charge in [0.15, 0.2) is 6.23 Å². The molecule has 0 spiro atoms. The summed E-state index contributed by atoms with van der Waals surface area (Å²) in [6.45, 7) is 19.2. The van der Waals surface area contributed by atoms with E-state index in [-0.39, 0.29) is 43.9 Å². The van der Waals surface area contributed by atoms with Crippen LogP contribution in [0.25, 0.3) is 4.85 Å². The number of aromatic nitrogens is 2. The van der Waals surface area contributed by atoms with Crippen LogP contribution in [0.4, 0.5) is 5.82 Å². The van der Waals surface area contributed by atoms with Gasteiger partial charge in [-0.25, -0.2) is 16.0 Å². The van der Waals surface area contributed by atoms with Crippen LogP contribution in [0.1, 0.15) is 66.4 Å². The Bertz CT molecular complexity index is 1340. The predicted octanol–water partition coefficient (Wildman–Crippen LogP) is 4.24. The van der Waals surface area contributed by atoms with E-state index in [1.807, 2.05) is 47.6 Å². The van der Waals surface area contributed by atoms with Gasteiger partial charge in [-0.3, -0.25) is 9.36 Å². The number of carbonyl (C=O) groups is 1. The maximum Gasteiger partial charge on any atom is 0.351 e. The summed E-state index contributed by atoms with van der Waals surface area (Å²) in [7, 11) is -0.363. The van der Waals surface area contributed by atoms with Crippen molar-refractivity contribution in [2.45, 2.75) is 90.2 Å². The molecule has 0 saturated carbocycles. The molecule has 2 aliphatic heterocycles. The molecule has 2 bridgehead atoms. The van der Waals surface area contributed by atoms with Crippen molar-refractivity contribution in [3.05, 3.63) is 70.1 Å². The molecule has 2 saturated heterocycles. The number of ether oxygens (including phenoxy) is 2. The highest BCUT2D eigenvalue weighted by Crippen LogP contribution is 2.59. The number of nitrogens with one attached hydrogen (secondary N) is 1. The fraction of sp³-hybridized carbons (Fsp3) is 0.586. The van der Waals surface area contributed by atoms with E-state index in [0.717, 1.165) is 0 Å². The predicted molar refractivity (Wildman–Crippen MR) is 160 cm³/mol. The number of rotatable bonds is 11. The van der Waals surface area contributed by atoms with E-state index in [4.69, 9.17) is 27.9 Å². The molecule has 1 amide bonds. The minimum atomic E-state index is -1.65. The van der Waals surface area contributed by atoms with Crippen LogP contribution in [0.15, 0.2) is 47.4 Å². The molecule has 2 aromatic rings. The zero-order valence-electron chi connectivity index (χ0n) is 27.1. The van der Waals surface area contributed by atoms with Crippen molar-refractivity contribution in [3.63, 3.8) is 0 Å². The second kappa shape index (κ2) is 14.1. The number of amides is 1. The summed E-state index contributed by atoms with van der Waals surface area (Å²) < 4.78 is 43.4. The molecule has 3 heterocycles. The largest absolute Gasteiger partial charge is 0.400 e. The van der Waals surface area contributed by atoms with Gasteiger partial charge in [0.2, 0.25) is 7.98 Å². The van der Waals surface area contributed by atoms with Gasteiger partial charge in [-0.2, -0.15) is 4.98 Å². The minimum absolute atomic E-state index is 0.0798. The van der Waals surface area contributed by atoms with Crippen LogP contribution in [0, 0.1) is 6.57 Å². The molecule has 230 valence electrons. The van der Waals surface area contributed by atoms with Crippen LogP contribution < -0.4 is 11.0 Å². The zero-order chi connectivity index (χ0) is 32.7. The number of benzene rings is 1. The molecule has 0 aliphatic carbocycles. The molecule has 2 aliphatic rings. The third-order valence-electron chi connectivity index (χ3n) is 7.06. The first-order chi connectivity index (χ1) is 20.9. The van der Waals surface area contributed by atoms with E-state index < -0.39 is 43.9 Å². The minimum Gasteiger partial charge on any atom is -0.400 e. The summed E-state index contributed by atoms with van der Waals surface area (Å²) >= 11 is 0. The van der Waals surface area contributed by atoms with Crippen LogP contribution in [0.3, 0.4) is 0 Å². The van der Waals surface area contributed by atoms with Crippen molar-refractivity contribution >= 4 is 20.3 Å². The summed E-state index contributed by atoms with van der Waals surface area (Å²) in [4.78, 5) is 33.2. The molecular weight excluding hydrogens is 561 g/mol. The highest BCUT2D eigenvalue weighted by Gasteiger charge is 2.70. The SMILES string of the molecule is [2H]C[C@]12O[C@@H](n3ccc(NC(=O)c4ccccc4)nc3=O)[C@H](OC1(C)C)[C@@H]2OP(OCC[N+]#[C-])N(C(C)C)C(C)C.[3H]OC. The lowest BCUT2D eigenvalue weighted by molar-refractivity contribution is -0.242. The Morgan fingerprint density at radius 2 is 1.98 bits per heavy atom. The van der Waals surface area contributed by atoms with Gasteiger partial charge in [0, 0.05) is 32.3 Å². The number of fused-ring (bicyclic) bond motifs is 2. The first-order valence-electron chi connectivity index (χ1n) is 14.8. The molecule has 0 radical (unpaired) electrons. The van der Waals surface area contributed by atoms with E-state index >= 15 is 0 Å². The quantitative estimate of drug-likeness (QED) is 0.219. The van der Waals surface area contributed by atoms with Crippen molar-refractivity contribution in [1.82, 2.24) is 14.2 Å². The molecule has 1 unspecified atom stereocenters. The molecule has 13 heteroatoms. The molecule has 42 heavy (non-hydrogen) atoms. The maximum atomic E-state index is 13.2. The number of aliphatic hydroxyl groups is 1. The van der Waals surface area contributed by atoms with Crippen LogP contribution in [0.5, 0.6) is 0 Å². The lowest BCUT2D eigenvalue weighted by Crippen LogP contribution is -2.52. The number of anilines is 1. The smallest absolute Gasteiger partial charge is 0.351 e. The van der Waals surface area contributed by atoms with Crippen molar-refractivity contribution in [2.24, 2.45) is 0 Å². The lowest BCUT2D eigenvalue weighted by Gasteiger charge is -2.42. The average molecular weight is 607 g/mol. The number of hydrogen-bond donors (Lipinski definition) is 2. The average Bonchev–Trinajstić information content (AvgIpc) is 3.38. The van der Waals surface area contributed by atoms with Gasteiger partial charge < -0.3 is 33.8 Å². The van der Waals surface area contributed by atoms with Crippen molar-refractivity contribution in [3.8, 4) is 0 Å². The molecule has 1 aromatic heterocycles. The first kappa shape index (κ1) is 30.7. The van der Waals surface area contributed by atoms with Crippen LogP contribution in [0.2, 0.25) is 0 Å². The van der Waals surface area contributed by atoms with Gasteiger partial charge in [0.1, 0.15) is 30.2 Å². The Morgan fingerprint density at radius 1 is 1.31 bits per heavy atom.